The first-order chi connectivity index (χ1) is 8.80. The number of hydrogen-bond acceptors (Lipinski definition) is 4. The SMILES string of the molecule is CC1=C2[C@@H](O)[C@@]3(C)C(=CCC[C@@H]3C)C[C@@]2(O)OC1=O. The second-order valence-corrected chi connectivity index (χ2v) is 6.28. The molecule has 0 aromatic rings. The summed E-state index contributed by atoms with van der Waals surface area (Å²) in [6, 6.07) is 0. The van der Waals surface area contributed by atoms with Crippen LogP contribution in [0.2, 0.25) is 0 Å². The number of carbonyl (C=O) groups excluding carboxylic acids is 1. The Labute approximate surface area is 112 Å². The number of ether oxygens (including phenoxy) is 1. The second kappa shape index (κ2) is 3.70. The molecule has 0 radical (unpaired) electrons. The maximum Gasteiger partial charge on any atom is 0.336 e. The fourth-order valence-corrected chi connectivity index (χ4v) is 3.85. The molecule has 0 unspecified atom stereocenters. The number of esters is 1. The molecule has 1 aliphatic heterocycles. The van der Waals surface area contributed by atoms with Crippen LogP contribution in [-0.4, -0.2) is 28.1 Å². The molecule has 1 fully saturated rings. The number of carbonyl (C=O) groups is 1. The Morgan fingerprint density at radius 1 is 1.47 bits per heavy atom. The fraction of sp³-hybridized carbons (Fsp3) is 0.667. The van der Waals surface area contributed by atoms with Gasteiger partial charge in [-0.15, -0.1) is 0 Å². The van der Waals surface area contributed by atoms with Gasteiger partial charge >= 0.3 is 5.97 Å². The molecule has 0 aromatic carbocycles. The van der Waals surface area contributed by atoms with E-state index in [2.05, 4.69) is 13.0 Å². The molecule has 2 aliphatic carbocycles. The van der Waals surface area contributed by atoms with Crippen molar-refractivity contribution in [3.05, 3.63) is 22.8 Å². The summed E-state index contributed by atoms with van der Waals surface area (Å²) in [5.74, 6) is -1.85. The summed E-state index contributed by atoms with van der Waals surface area (Å²) in [5.41, 5.74) is 1.32. The van der Waals surface area contributed by atoms with E-state index in [0.29, 0.717) is 17.1 Å². The maximum absolute atomic E-state index is 11.7. The van der Waals surface area contributed by atoms with Gasteiger partial charge in [-0.25, -0.2) is 4.79 Å². The zero-order chi connectivity index (χ0) is 14.0. The average molecular weight is 264 g/mol. The molecule has 4 nitrogen and oxygen atoms in total. The van der Waals surface area contributed by atoms with Crippen molar-refractivity contribution < 1.29 is 19.7 Å². The van der Waals surface area contributed by atoms with E-state index in [1.807, 2.05) is 6.92 Å². The summed E-state index contributed by atoms with van der Waals surface area (Å²) < 4.78 is 5.11. The van der Waals surface area contributed by atoms with Crippen molar-refractivity contribution in [2.75, 3.05) is 0 Å². The van der Waals surface area contributed by atoms with Gasteiger partial charge in [0.25, 0.3) is 0 Å². The van der Waals surface area contributed by atoms with Gasteiger partial charge in [0.2, 0.25) is 5.79 Å². The van der Waals surface area contributed by atoms with Crippen molar-refractivity contribution in [1.82, 2.24) is 0 Å². The highest BCUT2D eigenvalue weighted by atomic mass is 16.7. The number of aliphatic hydroxyl groups is 2. The van der Waals surface area contributed by atoms with E-state index in [9.17, 15) is 15.0 Å². The molecule has 3 rings (SSSR count). The lowest BCUT2D eigenvalue weighted by molar-refractivity contribution is -0.193. The van der Waals surface area contributed by atoms with E-state index >= 15 is 0 Å². The first-order valence-electron chi connectivity index (χ1n) is 6.85. The summed E-state index contributed by atoms with van der Waals surface area (Å²) in [4.78, 5) is 11.7. The Balaban J connectivity index is 2.17. The third-order valence-electron chi connectivity index (χ3n) is 5.37. The molecule has 0 spiro atoms. The highest BCUT2D eigenvalue weighted by Crippen LogP contribution is 2.57. The van der Waals surface area contributed by atoms with Crippen LogP contribution in [0, 0.1) is 11.3 Å². The molecule has 0 saturated heterocycles. The molecule has 1 heterocycles. The number of hydrogen-bond donors (Lipinski definition) is 2. The van der Waals surface area contributed by atoms with Gasteiger partial charge in [-0.3, -0.25) is 0 Å². The van der Waals surface area contributed by atoms with Crippen LogP contribution in [0.25, 0.3) is 0 Å². The van der Waals surface area contributed by atoms with E-state index < -0.39 is 23.3 Å². The lowest BCUT2D eigenvalue weighted by Crippen LogP contribution is -2.54. The van der Waals surface area contributed by atoms with E-state index in [1.165, 1.54) is 0 Å². The van der Waals surface area contributed by atoms with Crippen LogP contribution in [0.15, 0.2) is 22.8 Å². The van der Waals surface area contributed by atoms with Gasteiger partial charge in [-0.2, -0.15) is 0 Å². The van der Waals surface area contributed by atoms with Gasteiger partial charge in [0.05, 0.1) is 6.10 Å². The summed E-state index contributed by atoms with van der Waals surface area (Å²) in [6.07, 6.45) is 3.46. The lowest BCUT2D eigenvalue weighted by atomic mass is 9.56. The molecule has 4 heteroatoms. The Bertz CT molecular complexity index is 518. The van der Waals surface area contributed by atoms with Gasteiger partial charge in [0.1, 0.15) is 0 Å². The van der Waals surface area contributed by atoms with Crippen molar-refractivity contribution in [2.45, 2.75) is 51.9 Å². The number of aliphatic hydroxyl groups excluding tert-OH is 1. The predicted molar refractivity (Wildman–Crippen MR) is 69.0 cm³/mol. The molecule has 19 heavy (non-hydrogen) atoms. The van der Waals surface area contributed by atoms with E-state index in [1.54, 1.807) is 6.92 Å². The van der Waals surface area contributed by atoms with Gasteiger partial charge in [0.15, 0.2) is 0 Å². The molecule has 0 bridgehead atoms. The van der Waals surface area contributed by atoms with E-state index in [4.69, 9.17) is 4.74 Å². The van der Waals surface area contributed by atoms with Gasteiger partial charge in [-0.1, -0.05) is 25.5 Å². The van der Waals surface area contributed by atoms with E-state index in [0.717, 1.165) is 18.4 Å². The normalized spacial score (nSPS) is 45.5. The average Bonchev–Trinajstić information content (AvgIpc) is 2.55. The maximum atomic E-state index is 11.7. The Kier molecular flexibility index (Phi) is 2.51. The van der Waals surface area contributed by atoms with Crippen LogP contribution >= 0.6 is 0 Å². The summed E-state index contributed by atoms with van der Waals surface area (Å²) in [5, 5.41) is 21.3. The van der Waals surface area contributed by atoms with Crippen molar-refractivity contribution in [3.8, 4) is 0 Å². The number of fused-ring (bicyclic) bond motifs is 2. The van der Waals surface area contributed by atoms with Crippen LogP contribution < -0.4 is 0 Å². The topological polar surface area (TPSA) is 66.8 Å². The molecular formula is C15H20O4. The first kappa shape index (κ1) is 12.9. The minimum Gasteiger partial charge on any atom is -0.425 e. The third kappa shape index (κ3) is 1.44. The van der Waals surface area contributed by atoms with Gasteiger partial charge in [0, 0.05) is 23.0 Å². The fourth-order valence-electron chi connectivity index (χ4n) is 3.85. The number of allylic oxidation sites excluding steroid dienone is 1. The van der Waals surface area contributed by atoms with E-state index in [-0.39, 0.29) is 6.42 Å². The molecule has 4 atom stereocenters. The van der Waals surface area contributed by atoms with Crippen molar-refractivity contribution >= 4 is 5.97 Å². The zero-order valence-electron chi connectivity index (χ0n) is 11.6. The Morgan fingerprint density at radius 2 is 2.16 bits per heavy atom. The number of rotatable bonds is 0. The van der Waals surface area contributed by atoms with Crippen LogP contribution in [0.4, 0.5) is 0 Å². The highest BCUT2D eigenvalue weighted by molar-refractivity contribution is 5.92. The Hall–Kier alpha value is -1.13. The summed E-state index contributed by atoms with van der Waals surface area (Å²) in [6.45, 7) is 5.76. The molecule has 0 amide bonds. The smallest absolute Gasteiger partial charge is 0.336 e. The zero-order valence-corrected chi connectivity index (χ0v) is 11.6. The lowest BCUT2D eigenvalue weighted by Gasteiger charge is -2.51. The minimum atomic E-state index is -1.64. The molecule has 104 valence electrons. The summed E-state index contributed by atoms with van der Waals surface area (Å²) >= 11 is 0. The largest absolute Gasteiger partial charge is 0.425 e. The molecular weight excluding hydrogens is 244 g/mol. The second-order valence-electron chi connectivity index (χ2n) is 6.28. The van der Waals surface area contributed by atoms with Gasteiger partial charge < -0.3 is 14.9 Å². The standard InChI is InChI=1S/C15H20O4/c1-8-5-4-6-10-7-15(18)11(9(2)13(17)19-15)12(16)14(8,10)3/h6,8,12,16,18H,4-5,7H2,1-3H3/t8-,12+,14+,15+/m0/s1. The first-order valence-corrected chi connectivity index (χ1v) is 6.85. The molecule has 0 aromatic heterocycles. The summed E-state index contributed by atoms with van der Waals surface area (Å²) in [7, 11) is 0. The van der Waals surface area contributed by atoms with Crippen LogP contribution in [0.1, 0.15) is 40.0 Å². The highest BCUT2D eigenvalue weighted by Gasteiger charge is 2.60. The van der Waals surface area contributed by atoms with Crippen molar-refractivity contribution in [2.24, 2.45) is 11.3 Å². The monoisotopic (exact) mass is 264 g/mol. The predicted octanol–water partition coefficient (Wildman–Crippen LogP) is 1.68. The molecule has 2 N–H and O–H groups in total. The van der Waals surface area contributed by atoms with Crippen LogP contribution in [0.3, 0.4) is 0 Å². The Morgan fingerprint density at radius 3 is 2.84 bits per heavy atom. The molecule has 3 aliphatic rings. The van der Waals surface area contributed by atoms with Crippen molar-refractivity contribution in [3.63, 3.8) is 0 Å². The van der Waals surface area contributed by atoms with Crippen LogP contribution in [-0.2, 0) is 9.53 Å². The van der Waals surface area contributed by atoms with Crippen LogP contribution in [0.5, 0.6) is 0 Å². The van der Waals surface area contributed by atoms with Crippen molar-refractivity contribution in [1.29, 1.82) is 0 Å². The molecule has 1 saturated carbocycles. The third-order valence-corrected chi connectivity index (χ3v) is 5.37. The minimum absolute atomic E-state index is 0.281. The van der Waals surface area contributed by atoms with Gasteiger partial charge in [-0.05, 0) is 25.7 Å². The quantitative estimate of drug-likeness (QED) is 0.516.